The molecule has 1 aromatic carbocycles. The molecule has 31 heavy (non-hydrogen) atoms. The molecule has 1 aliphatic heterocycles. The Bertz CT molecular complexity index is 763. The monoisotopic (exact) mass is 431 g/mol. The molecule has 7 heteroatoms. The lowest BCUT2D eigenvalue weighted by Gasteiger charge is -2.32. The van der Waals surface area contributed by atoms with Crippen molar-refractivity contribution in [2.24, 2.45) is 11.8 Å². The minimum atomic E-state index is -0.263. The summed E-state index contributed by atoms with van der Waals surface area (Å²) in [5.41, 5.74) is 1.46. The van der Waals surface area contributed by atoms with E-state index in [1.165, 1.54) is 6.42 Å². The molecular weight excluding hydrogens is 394 g/mol. The van der Waals surface area contributed by atoms with Crippen LogP contribution in [0.2, 0.25) is 0 Å². The Hall–Kier alpha value is -2.12. The highest BCUT2D eigenvalue weighted by atomic mass is 16.5. The highest BCUT2D eigenvalue weighted by Crippen LogP contribution is 2.30. The number of ether oxygens (including phenoxy) is 1. The summed E-state index contributed by atoms with van der Waals surface area (Å²) in [5, 5.41) is 15.9. The van der Waals surface area contributed by atoms with E-state index in [0.29, 0.717) is 24.5 Å². The maximum Gasteiger partial charge on any atom is 0.227 e. The first-order valence-electron chi connectivity index (χ1n) is 11.6. The van der Waals surface area contributed by atoms with Crippen molar-refractivity contribution in [2.75, 3.05) is 32.1 Å². The molecule has 0 spiro atoms. The second-order valence-corrected chi connectivity index (χ2v) is 9.09. The SMILES string of the molecule is CNC[C@H]1Oc2ccc(NC(=O)C3CCCCC3)cc2CC(=O)N([C@@H](C)CO)C[C@@H]1C. The number of carbonyl (C=O) groups excluding carboxylic acids is 2. The van der Waals surface area contributed by atoms with Crippen molar-refractivity contribution in [3.8, 4) is 5.75 Å². The standard InChI is InChI=1S/C24H37N3O4/c1-16-14-27(17(2)15-28)23(29)12-19-11-20(9-10-21(19)31-22(16)13-25-3)26-24(30)18-7-5-4-6-8-18/h9-11,16-18,22,25,28H,4-8,12-15H2,1-3H3,(H,26,30)/t16-,17-,22+/m0/s1. The molecule has 3 N–H and O–H groups in total. The molecule has 3 atom stereocenters. The van der Waals surface area contributed by atoms with E-state index >= 15 is 0 Å². The molecule has 2 amide bonds. The van der Waals surface area contributed by atoms with Crippen molar-refractivity contribution in [2.45, 2.75) is 64.5 Å². The molecule has 1 aliphatic carbocycles. The molecule has 7 nitrogen and oxygen atoms in total. The van der Waals surface area contributed by atoms with Crippen molar-refractivity contribution in [1.29, 1.82) is 0 Å². The molecule has 1 heterocycles. The van der Waals surface area contributed by atoms with Gasteiger partial charge in [0.1, 0.15) is 11.9 Å². The van der Waals surface area contributed by atoms with Crippen LogP contribution in [0.25, 0.3) is 0 Å². The van der Waals surface area contributed by atoms with E-state index in [1.54, 1.807) is 4.90 Å². The highest BCUT2D eigenvalue weighted by Gasteiger charge is 2.30. The number of anilines is 1. The van der Waals surface area contributed by atoms with E-state index in [9.17, 15) is 14.7 Å². The maximum absolute atomic E-state index is 13.1. The molecule has 1 aromatic rings. The molecule has 172 valence electrons. The molecule has 0 saturated heterocycles. The first-order valence-corrected chi connectivity index (χ1v) is 11.6. The number of rotatable bonds is 6. The number of likely N-dealkylation sites (N-methyl/N-ethyl adjacent to an activating group) is 1. The zero-order valence-electron chi connectivity index (χ0n) is 19.0. The summed E-state index contributed by atoms with van der Waals surface area (Å²) in [6.07, 6.45) is 5.35. The molecule has 0 unspecified atom stereocenters. The Morgan fingerprint density at radius 3 is 2.71 bits per heavy atom. The number of amides is 2. The van der Waals surface area contributed by atoms with Crippen LogP contribution >= 0.6 is 0 Å². The summed E-state index contributed by atoms with van der Waals surface area (Å²) in [5.74, 6) is 0.849. The maximum atomic E-state index is 13.1. The minimum absolute atomic E-state index is 0.0425. The second kappa shape index (κ2) is 11.0. The lowest BCUT2D eigenvalue weighted by Crippen LogP contribution is -2.47. The third-order valence-corrected chi connectivity index (χ3v) is 6.57. The lowest BCUT2D eigenvalue weighted by atomic mass is 9.88. The molecule has 0 radical (unpaired) electrons. The van der Waals surface area contributed by atoms with Crippen LogP contribution in [0, 0.1) is 11.8 Å². The molecule has 0 bridgehead atoms. The van der Waals surface area contributed by atoms with Crippen LogP contribution in [0.3, 0.4) is 0 Å². The van der Waals surface area contributed by atoms with Gasteiger partial charge >= 0.3 is 0 Å². The van der Waals surface area contributed by atoms with E-state index in [0.717, 1.165) is 31.2 Å². The van der Waals surface area contributed by atoms with E-state index in [2.05, 4.69) is 17.6 Å². The van der Waals surface area contributed by atoms with Gasteiger partial charge in [0.05, 0.1) is 19.1 Å². The van der Waals surface area contributed by atoms with Crippen LogP contribution in [0.1, 0.15) is 51.5 Å². The van der Waals surface area contributed by atoms with Gasteiger partial charge in [-0.1, -0.05) is 26.2 Å². The lowest BCUT2D eigenvalue weighted by molar-refractivity contribution is -0.134. The second-order valence-electron chi connectivity index (χ2n) is 9.09. The van der Waals surface area contributed by atoms with Gasteiger partial charge in [0, 0.05) is 36.2 Å². The van der Waals surface area contributed by atoms with E-state index < -0.39 is 0 Å². The highest BCUT2D eigenvalue weighted by molar-refractivity contribution is 5.93. The fourth-order valence-electron chi connectivity index (χ4n) is 4.56. The smallest absolute Gasteiger partial charge is 0.227 e. The van der Waals surface area contributed by atoms with Crippen molar-refractivity contribution in [3.63, 3.8) is 0 Å². The average Bonchev–Trinajstić information content (AvgIpc) is 2.82. The van der Waals surface area contributed by atoms with Crippen molar-refractivity contribution in [1.82, 2.24) is 10.2 Å². The molecule has 0 aromatic heterocycles. The summed E-state index contributed by atoms with van der Waals surface area (Å²) < 4.78 is 6.34. The summed E-state index contributed by atoms with van der Waals surface area (Å²) in [6.45, 7) is 5.01. The summed E-state index contributed by atoms with van der Waals surface area (Å²) in [7, 11) is 1.88. The summed E-state index contributed by atoms with van der Waals surface area (Å²) in [4.78, 5) is 27.6. The number of hydrogen-bond donors (Lipinski definition) is 3. The topological polar surface area (TPSA) is 90.9 Å². The van der Waals surface area contributed by atoms with Gasteiger partial charge < -0.3 is 25.4 Å². The van der Waals surface area contributed by atoms with Crippen molar-refractivity contribution in [3.05, 3.63) is 23.8 Å². The molecular formula is C24H37N3O4. The van der Waals surface area contributed by atoms with Crippen LogP contribution in [-0.2, 0) is 16.0 Å². The zero-order valence-corrected chi connectivity index (χ0v) is 19.0. The van der Waals surface area contributed by atoms with Gasteiger partial charge in [-0.25, -0.2) is 0 Å². The van der Waals surface area contributed by atoms with Gasteiger partial charge in [0.25, 0.3) is 0 Å². The molecule has 2 aliphatic rings. The first-order chi connectivity index (χ1) is 14.9. The molecule has 3 rings (SSSR count). The van der Waals surface area contributed by atoms with Crippen LogP contribution in [-0.4, -0.2) is 60.7 Å². The largest absolute Gasteiger partial charge is 0.488 e. The fourth-order valence-corrected chi connectivity index (χ4v) is 4.56. The van der Waals surface area contributed by atoms with Gasteiger partial charge in [-0.3, -0.25) is 9.59 Å². The number of nitrogens with zero attached hydrogens (tertiary/aromatic N) is 1. The number of hydrogen-bond acceptors (Lipinski definition) is 5. The predicted octanol–water partition coefficient (Wildman–Crippen LogP) is 2.57. The summed E-state index contributed by atoms with van der Waals surface area (Å²) >= 11 is 0. The molecule has 1 saturated carbocycles. The van der Waals surface area contributed by atoms with Gasteiger partial charge in [-0.15, -0.1) is 0 Å². The van der Waals surface area contributed by atoms with Gasteiger partial charge in [-0.2, -0.15) is 0 Å². The van der Waals surface area contributed by atoms with Gasteiger partial charge in [-0.05, 0) is 45.0 Å². The zero-order chi connectivity index (χ0) is 22.4. The third kappa shape index (κ3) is 5.98. The van der Waals surface area contributed by atoms with Gasteiger partial charge in [0.2, 0.25) is 11.8 Å². The Balaban J connectivity index is 1.85. The van der Waals surface area contributed by atoms with Crippen LogP contribution in [0.5, 0.6) is 5.75 Å². The number of nitrogens with one attached hydrogen (secondary N) is 2. The normalized spacial score (nSPS) is 23.7. The van der Waals surface area contributed by atoms with Crippen LogP contribution < -0.4 is 15.4 Å². The quantitative estimate of drug-likeness (QED) is 0.644. The minimum Gasteiger partial charge on any atom is -0.488 e. The predicted molar refractivity (Wildman–Crippen MR) is 121 cm³/mol. The fraction of sp³-hybridized carbons (Fsp3) is 0.667. The number of benzene rings is 1. The van der Waals surface area contributed by atoms with Crippen LogP contribution in [0.15, 0.2) is 18.2 Å². The van der Waals surface area contributed by atoms with Crippen LogP contribution in [0.4, 0.5) is 5.69 Å². The Morgan fingerprint density at radius 2 is 2.03 bits per heavy atom. The molecule has 1 fully saturated rings. The van der Waals surface area contributed by atoms with Crippen molar-refractivity contribution >= 4 is 17.5 Å². The number of aliphatic hydroxyl groups is 1. The Labute approximate surface area is 185 Å². The van der Waals surface area contributed by atoms with E-state index in [4.69, 9.17) is 4.74 Å². The van der Waals surface area contributed by atoms with E-state index in [-0.39, 0.29) is 48.8 Å². The summed E-state index contributed by atoms with van der Waals surface area (Å²) in [6, 6.07) is 5.32. The number of fused-ring (bicyclic) bond motifs is 1. The van der Waals surface area contributed by atoms with E-state index in [1.807, 2.05) is 32.2 Å². The Morgan fingerprint density at radius 1 is 1.29 bits per heavy atom. The third-order valence-electron chi connectivity index (χ3n) is 6.57. The Kier molecular flexibility index (Phi) is 8.32. The number of carbonyl (C=O) groups is 2. The van der Waals surface area contributed by atoms with Gasteiger partial charge in [0.15, 0.2) is 0 Å². The first kappa shape index (κ1) is 23.5. The van der Waals surface area contributed by atoms with Crippen molar-refractivity contribution < 1.29 is 19.4 Å². The number of aliphatic hydroxyl groups excluding tert-OH is 1. The average molecular weight is 432 g/mol.